The van der Waals surface area contributed by atoms with Gasteiger partial charge in [0.15, 0.2) is 0 Å². The van der Waals surface area contributed by atoms with Crippen LogP contribution in [-0.2, 0) is 10.0 Å². The average Bonchev–Trinajstić information content (AvgIpc) is 2.36. The number of hydrogen-bond donors (Lipinski definition) is 2. The van der Waals surface area contributed by atoms with E-state index in [9.17, 15) is 12.8 Å². The summed E-state index contributed by atoms with van der Waals surface area (Å²) in [5, 5.41) is 8.43. The molecule has 1 atom stereocenters. The Bertz CT molecular complexity index is 728. The van der Waals surface area contributed by atoms with Crippen LogP contribution in [0.1, 0.15) is 18.5 Å². The fourth-order valence-corrected chi connectivity index (χ4v) is 2.65. The van der Waals surface area contributed by atoms with Crippen LogP contribution in [0.5, 0.6) is 0 Å². The lowest BCUT2D eigenvalue weighted by molar-refractivity contribution is 0.597. The highest BCUT2D eigenvalue weighted by molar-refractivity contribution is 7.89. The number of halogens is 2. The Morgan fingerprint density at radius 2 is 1.81 bits per heavy atom. The van der Waals surface area contributed by atoms with E-state index in [1.54, 1.807) is 18.2 Å². The van der Waals surface area contributed by atoms with Gasteiger partial charge in [0.2, 0.25) is 10.0 Å². The predicted octanol–water partition coefficient (Wildman–Crippen LogP) is 3.30. The molecule has 0 fully saturated rings. The van der Waals surface area contributed by atoms with Crippen molar-refractivity contribution in [1.29, 1.82) is 0 Å². The van der Waals surface area contributed by atoms with Crippen molar-refractivity contribution in [2.75, 3.05) is 5.32 Å². The van der Waals surface area contributed by atoms with Crippen LogP contribution < -0.4 is 10.5 Å². The van der Waals surface area contributed by atoms with Gasteiger partial charge in [-0.2, -0.15) is 0 Å². The van der Waals surface area contributed by atoms with Crippen molar-refractivity contribution in [3.63, 3.8) is 0 Å². The van der Waals surface area contributed by atoms with Crippen molar-refractivity contribution in [1.82, 2.24) is 0 Å². The van der Waals surface area contributed by atoms with Gasteiger partial charge in [0.25, 0.3) is 0 Å². The van der Waals surface area contributed by atoms with Crippen LogP contribution in [0.15, 0.2) is 47.4 Å². The first kappa shape index (κ1) is 15.8. The van der Waals surface area contributed by atoms with E-state index in [-0.39, 0.29) is 10.9 Å². The zero-order valence-electron chi connectivity index (χ0n) is 11.2. The van der Waals surface area contributed by atoms with Crippen LogP contribution in [0.2, 0.25) is 5.02 Å². The second kappa shape index (κ2) is 6.01. The molecule has 0 bridgehead atoms. The van der Waals surface area contributed by atoms with Crippen molar-refractivity contribution in [2.45, 2.75) is 17.9 Å². The highest BCUT2D eigenvalue weighted by Gasteiger charge is 2.10. The fraction of sp³-hybridized carbons (Fsp3) is 0.143. The summed E-state index contributed by atoms with van der Waals surface area (Å²) in [6, 6.07) is 10.2. The number of anilines is 1. The van der Waals surface area contributed by atoms with E-state index >= 15 is 0 Å². The molecule has 0 spiro atoms. The molecule has 0 aromatic heterocycles. The molecular formula is C14H14ClFN2O2S. The maximum atomic E-state index is 13.3. The summed E-state index contributed by atoms with van der Waals surface area (Å²) < 4.78 is 35.6. The van der Waals surface area contributed by atoms with Crippen molar-refractivity contribution in [3.8, 4) is 0 Å². The molecule has 0 amide bonds. The van der Waals surface area contributed by atoms with Gasteiger partial charge in [0.1, 0.15) is 5.82 Å². The molecule has 2 aromatic carbocycles. The zero-order valence-corrected chi connectivity index (χ0v) is 12.7. The number of benzene rings is 2. The number of nitrogens with one attached hydrogen (secondary N) is 1. The first-order chi connectivity index (χ1) is 9.75. The van der Waals surface area contributed by atoms with Crippen LogP contribution >= 0.6 is 11.6 Å². The SMILES string of the molecule is CC(Nc1cc(F)cc(Cl)c1)c1ccc(S(N)(=O)=O)cc1. The normalized spacial score (nSPS) is 13.0. The Hall–Kier alpha value is -1.63. The van der Waals surface area contributed by atoms with Crippen LogP contribution in [0.3, 0.4) is 0 Å². The van der Waals surface area contributed by atoms with Gasteiger partial charge in [-0.3, -0.25) is 0 Å². The second-order valence-corrected chi connectivity index (χ2v) is 6.64. The van der Waals surface area contributed by atoms with E-state index in [0.717, 1.165) is 5.56 Å². The molecule has 7 heteroatoms. The van der Waals surface area contributed by atoms with E-state index in [1.807, 2.05) is 6.92 Å². The number of hydrogen-bond acceptors (Lipinski definition) is 3. The summed E-state index contributed by atoms with van der Waals surface area (Å²) in [6.07, 6.45) is 0. The van der Waals surface area contributed by atoms with Crippen molar-refractivity contribution in [2.24, 2.45) is 5.14 Å². The summed E-state index contributed by atoms with van der Waals surface area (Å²) in [6.45, 7) is 1.87. The van der Waals surface area contributed by atoms with Crippen LogP contribution in [-0.4, -0.2) is 8.42 Å². The quantitative estimate of drug-likeness (QED) is 0.904. The van der Waals surface area contributed by atoms with Crippen molar-refractivity contribution in [3.05, 3.63) is 58.9 Å². The summed E-state index contributed by atoms with van der Waals surface area (Å²) >= 11 is 5.79. The lowest BCUT2D eigenvalue weighted by Gasteiger charge is -2.16. The Kier molecular flexibility index (Phi) is 4.51. The first-order valence-electron chi connectivity index (χ1n) is 6.11. The fourth-order valence-electron chi connectivity index (χ4n) is 1.92. The molecule has 3 N–H and O–H groups in total. The Labute approximate surface area is 127 Å². The third kappa shape index (κ3) is 4.17. The standard InChI is InChI=1S/C14H14ClFN2O2S/c1-9(18-13-7-11(15)6-12(16)8-13)10-2-4-14(5-3-10)21(17,19)20/h2-9,18H,1H3,(H2,17,19,20). The van der Waals surface area contributed by atoms with Gasteiger partial charge in [-0.1, -0.05) is 23.7 Å². The van der Waals surface area contributed by atoms with Gasteiger partial charge < -0.3 is 5.32 Å². The molecule has 0 aliphatic rings. The van der Waals surface area contributed by atoms with Gasteiger partial charge in [-0.15, -0.1) is 0 Å². The van der Waals surface area contributed by atoms with Crippen LogP contribution in [0.25, 0.3) is 0 Å². The van der Waals surface area contributed by atoms with Crippen molar-refractivity contribution < 1.29 is 12.8 Å². The lowest BCUT2D eigenvalue weighted by atomic mass is 10.1. The number of sulfonamides is 1. The van der Waals surface area contributed by atoms with Gasteiger partial charge in [-0.25, -0.2) is 17.9 Å². The number of nitrogens with two attached hydrogens (primary N) is 1. The molecule has 0 saturated heterocycles. The van der Waals surface area contributed by atoms with Crippen molar-refractivity contribution >= 4 is 27.3 Å². The largest absolute Gasteiger partial charge is 0.378 e. The van der Waals surface area contributed by atoms with E-state index in [0.29, 0.717) is 10.7 Å². The highest BCUT2D eigenvalue weighted by Crippen LogP contribution is 2.23. The molecule has 0 aliphatic heterocycles. The summed E-state index contributed by atoms with van der Waals surface area (Å²) in [7, 11) is -3.70. The Morgan fingerprint density at radius 1 is 1.19 bits per heavy atom. The molecule has 4 nitrogen and oxygen atoms in total. The molecule has 21 heavy (non-hydrogen) atoms. The first-order valence-corrected chi connectivity index (χ1v) is 8.03. The average molecular weight is 329 g/mol. The van der Waals surface area contributed by atoms with Gasteiger partial charge in [0, 0.05) is 16.8 Å². The van der Waals surface area contributed by atoms with Gasteiger partial charge in [0.05, 0.1) is 4.90 Å². The molecule has 0 saturated carbocycles. The van der Waals surface area contributed by atoms with Crippen LogP contribution in [0.4, 0.5) is 10.1 Å². The summed E-state index contributed by atoms with van der Waals surface area (Å²) in [5.41, 5.74) is 1.38. The minimum atomic E-state index is -3.70. The topological polar surface area (TPSA) is 72.2 Å². The van der Waals surface area contributed by atoms with E-state index in [1.165, 1.54) is 24.3 Å². The molecule has 2 rings (SSSR count). The molecular weight excluding hydrogens is 315 g/mol. The number of rotatable bonds is 4. The van der Waals surface area contributed by atoms with E-state index < -0.39 is 15.8 Å². The maximum Gasteiger partial charge on any atom is 0.238 e. The Morgan fingerprint density at radius 3 is 2.33 bits per heavy atom. The monoisotopic (exact) mass is 328 g/mol. The predicted molar refractivity (Wildman–Crippen MR) is 81.3 cm³/mol. The Balaban J connectivity index is 2.18. The number of primary sulfonamides is 1. The summed E-state index contributed by atoms with van der Waals surface area (Å²) in [4.78, 5) is 0.0484. The second-order valence-electron chi connectivity index (χ2n) is 4.64. The minimum Gasteiger partial charge on any atom is -0.378 e. The smallest absolute Gasteiger partial charge is 0.238 e. The lowest BCUT2D eigenvalue weighted by Crippen LogP contribution is -2.12. The molecule has 2 aromatic rings. The highest BCUT2D eigenvalue weighted by atomic mass is 35.5. The zero-order chi connectivity index (χ0) is 15.6. The molecule has 0 heterocycles. The third-order valence-electron chi connectivity index (χ3n) is 2.95. The molecule has 112 valence electrons. The summed E-state index contributed by atoms with van der Waals surface area (Å²) in [5.74, 6) is -0.429. The molecule has 0 radical (unpaired) electrons. The molecule has 0 aliphatic carbocycles. The third-order valence-corrected chi connectivity index (χ3v) is 4.10. The van der Waals surface area contributed by atoms with Gasteiger partial charge >= 0.3 is 0 Å². The molecule has 1 unspecified atom stereocenters. The van der Waals surface area contributed by atoms with Crippen LogP contribution in [0, 0.1) is 5.82 Å². The van der Waals surface area contributed by atoms with E-state index in [4.69, 9.17) is 16.7 Å². The van der Waals surface area contributed by atoms with E-state index in [2.05, 4.69) is 5.32 Å². The van der Waals surface area contributed by atoms with Gasteiger partial charge in [-0.05, 0) is 42.8 Å². The maximum absolute atomic E-state index is 13.3. The minimum absolute atomic E-state index is 0.0484.